The Hall–Kier alpha value is -1.83. The number of rotatable bonds is 16. The highest BCUT2D eigenvalue weighted by atomic mass is 16.4. The fraction of sp³-hybridized carbons (Fsp3) is 0.880. The third-order valence-corrected chi connectivity index (χ3v) is 6.60. The van der Waals surface area contributed by atoms with Crippen LogP contribution >= 0.6 is 0 Å². The fourth-order valence-corrected chi connectivity index (χ4v) is 4.52. The van der Waals surface area contributed by atoms with Crippen molar-refractivity contribution in [2.45, 2.75) is 45.6 Å². The van der Waals surface area contributed by atoms with Gasteiger partial charge in [0.2, 0.25) is 0 Å². The average molecular weight is 532 g/mol. The molecule has 12 nitrogen and oxygen atoms in total. The fourth-order valence-electron chi connectivity index (χ4n) is 4.52. The van der Waals surface area contributed by atoms with E-state index in [0.717, 1.165) is 38.8 Å². The lowest BCUT2D eigenvalue weighted by molar-refractivity contribution is -0.140. The molecule has 1 heterocycles. The second-order valence-corrected chi connectivity index (χ2v) is 9.97. The first kappa shape index (κ1) is 33.2. The molecule has 1 rings (SSSR count). The van der Waals surface area contributed by atoms with E-state index in [1.807, 2.05) is 0 Å². The van der Waals surface area contributed by atoms with Gasteiger partial charge in [-0.3, -0.25) is 34.0 Å². The lowest BCUT2D eigenvalue weighted by atomic mass is 10.2. The van der Waals surface area contributed by atoms with Crippen molar-refractivity contribution in [3.05, 3.63) is 0 Å². The van der Waals surface area contributed by atoms with E-state index >= 15 is 0 Å². The largest absolute Gasteiger partial charge is 0.480 e. The molecule has 37 heavy (non-hydrogen) atoms. The number of aliphatic carboxylic acids is 3. The van der Waals surface area contributed by atoms with Crippen LogP contribution in [0.4, 0.5) is 0 Å². The summed E-state index contributed by atoms with van der Waals surface area (Å²) < 4.78 is 0. The van der Waals surface area contributed by atoms with Gasteiger partial charge in [-0.1, -0.05) is 26.7 Å². The number of unbranched alkanes of at least 4 members (excludes halogenated alkanes) is 2. The van der Waals surface area contributed by atoms with Gasteiger partial charge < -0.3 is 25.3 Å². The molecule has 1 atom stereocenters. The van der Waals surface area contributed by atoms with Gasteiger partial charge in [-0.05, 0) is 25.9 Å². The van der Waals surface area contributed by atoms with E-state index in [-0.39, 0.29) is 19.6 Å². The summed E-state index contributed by atoms with van der Waals surface area (Å²) in [6.07, 6.45) is 3.76. The Morgan fingerprint density at radius 1 is 0.649 bits per heavy atom. The number of nitrogens with zero attached hydrogens (tertiary/aromatic N) is 5. The Balaban J connectivity index is 2.93. The Morgan fingerprint density at radius 3 is 1.27 bits per heavy atom. The smallest absolute Gasteiger partial charge is 0.317 e. The van der Waals surface area contributed by atoms with Crippen molar-refractivity contribution in [3.8, 4) is 0 Å². The number of β-amino-alcohol motifs (C(OH)–C–C–N with tert-alkyl or cyclic N) is 1. The van der Waals surface area contributed by atoms with Gasteiger partial charge in [-0.25, -0.2) is 0 Å². The van der Waals surface area contributed by atoms with Gasteiger partial charge >= 0.3 is 17.9 Å². The van der Waals surface area contributed by atoms with Gasteiger partial charge in [0.1, 0.15) is 0 Å². The van der Waals surface area contributed by atoms with Crippen LogP contribution in [0, 0.1) is 0 Å². The number of aliphatic hydroxyl groups is 1. The highest BCUT2D eigenvalue weighted by Gasteiger charge is 2.22. The predicted molar refractivity (Wildman–Crippen MR) is 141 cm³/mol. The standard InChI is InChI=1S/C25H49N5O7/c1-3-5-7-26(8-6-4-2)17-22(31)18-27-9-11-28(19-23(32)33)13-15-30(21-25(36)37)16-14-29(12-10-27)20-24(34)35/h22,31H,3-21H2,1-2H3,(H,32,33)(H,34,35)(H,36,37). The van der Waals surface area contributed by atoms with Crippen molar-refractivity contribution in [2.75, 3.05) is 98.2 Å². The third kappa shape index (κ3) is 16.6. The van der Waals surface area contributed by atoms with Gasteiger partial charge in [0.25, 0.3) is 0 Å². The lowest BCUT2D eigenvalue weighted by Crippen LogP contribution is -2.50. The van der Waals surface area contributed by atoms with Crippen molar-refractivity contribution in [3.63, 3.8) is 0 Å². The van der Waals surface area contributed by atoms with E-state index in [2.05, 4.69) is 23.6 Å². The minimum absolute atomic E-state index is 0.149. The van der Waals surface area contributed by atoms with Gasteiger partial charge in [0, 0.05) is 65.4 Å². The summed E-state index contributed by atoms with van der Waals surface area (Å²) in [5.74, 6) is -2.87. The van der Waals surface area contributed by atoms with Gasteiger partial charge in [0.05, 0.1) is 25.7 Å². The zero-order chi connectivity index (χ0) is 27.6. The summed E-state index contributed by atoms with van der Waals surface area (Å²) in [5.41, 5.74) is 0. The van der Waals surface area contributed by atoms with Crippen molar-refractivity contribution in [1.82, 2.24) is 24.5 Å². The molecule has 0 amide bonds. The van der Waals surface area contributed by atoms with Crippen LogP contribution in [0.5, 0.6) is 0 Å². The number of aliphatic hydroxyl groups excluding tert-OH is 1. The molecule has 0 bridgehead atoms. The average Bonchev–Trinajstić information content (AvgIpc) is 2.81. The molecule has 0 aromatic rings. The summed E-state index contributed by atoms with van der Waals surface area (Å²) in [7, 11) is 0. The molecule has 0 radical (unpaired) electrons. The van der Waals surface area contributed by atoms with Crippen LogP contribution < -0.4 is 0 Å². The molecule has 12 heteroatoms. The third-order valence-electron chi connectivity index (χ3n) is 6.60. The highest BCUT2D eigenvalue weighted by molar-refractivity contribution is 5.69. The maximum Gasteiger partial charge on any atom is 0.317 e. The first-order valence-corrected chi connectivity index (χ1v) is 13.6. The Kier molecular flexibility index (Phi) is 17.3. The Bertz CT molecular complexity index is 629. The van der Waals surface area contributed by atoms with Crippen LogP contribution in [0.1, 0.15) is 39.5 Å². The molecule has 1 fully saturated rings. The van der Waals surface area contributed by atoms with Crippen molar-refractivity contribution in [1.29, 1.82) is 0 Å². The van der Waals surface area contributed by atoms with E-state index in [1.54, 1.807) is 14.7 Å². The minimum Gasteiger partial charge on any atom is -0.480 e. The van der Waals surface area contributed by atoms with Crippen molar-refractivity contribution >= 4 is 17.9 Å². The lowest BCUT2D eigenvalue weighted by Gasteiger charge is -2.34. The SMILES string of the molecule is CCCCN(CCCC)CC(O)CN1CCN(CC(=O)O)CCN(CC(=O)O)CCN(CC(=O)O)CC1. The Labute approximate surface area is 221 Å². The number of carboxylic acid groups (broad SMARTS) is 3. The number of hydrogen-bond donors (Lipinski definition) is 4. The van der Waals surface area contributed by atoms with E-state index in [4.69, 9.17) is 0 Å². The summed E-state index contributed by atoms with van der Waals surface area (Å²) in [6.45, 7) is 10.1. The minimum atomic E-state index is -0.978. The van der Waals surface area contributed by atoms with Crippen LogP contribution in [-0.4, -0.2) is 167 Å². The molecule has 1 unspecified atom stereocenters. The molecule has 1 saturated heterocycles. The monoisotopic (exact) mass is 531 g/mol. The molecule has 0 aromatic heterocycles. The molecule has 216 valence electrons. The maximum absolute atomic E-state index is 11.4. The number of hydrogen-bond acceptors (Lipinski definition) is 9. The number of carbonyl (C=O) groups is 3. The molecule has 1 aliphatic heterocycles. The maximum atomic E-state index is 11.4. The van der Waals surface area contributed by atoms with Crippen LogP contribution in [-0.2, 0) is 14.4 Å². The summed E-state index contributed by atoms with van der Waals surface area (Å²) >= 11 is 0. The van der Waals surface area contributed by atoms with E-state index in [0.29, 0.717) is 65.4 Å². The van der Waals surface area contributed by atoms with Crippen molar-refractivity contribution < 1.29 is 34.8 Å². The molecule has 1 aliphatic rings. The van der Waals surface area contributed by atoms with E-state index in [1.165, 1.54) is 0 Å². The molecule has 0 saturated carbocycles. The Morgan fingerprint density at radius 2 is 0.973 bits per heavy atom. The molecule has 4 N–H and O–H groups in total. The summed E-state index contributed by atoms with van der Waals surface area (Å²) in [6, 6.07) is 0. The highest BCUT2D eigenvalue weighted by Crippen LogP contribution is 2.05. The molecule has 0 spiro atoms. The zero-order valence-corrected chi connectivity index (χ0v) is 22.8. The molecule has 0 aliphatic carbocycles. The van der Waals surface area contributed by atoms with E-state index in [9.17, 15) is 34.8 Å². The normalized spacial score (nSPS) is 18.8. The predicted octanol–water partition coefficient (Wildman–Crippen LogP) is -0.275. The van der Waals surface area contributed by atoms with Gasteiger partial charge in [-0.2, -0.15) is 0 Å². The summed E-state index contributed by atoms with van der Waals surface area (Å²) in [5, 5.41) is 38.9. The second-order valence-electron chi connectivity index (χ2n) is 9.97. The quantitative estimate of drug-likeness (QED) is 0.208. The van der Waals surface area contributed by atoms with Crippen LogP contribution in [0.15, 0.2) is 0 Å². The topological polar surface area (TPSA) is 148 Å². The van der Waals surface area contributed by atoms with Crippen LogP contribution in [0.25, 0.3) is 0 Å². The van der Waals surface area contributed by atoms with E-state index < -0.39 is 24.0 Å². The number of carboxylic acids is 3. The first-order chi connectivity index (χ1) is 17.6. The molecular formula is C25H49N5O7. The van der Waals surface area contributed by atoms with Gasteiger partial charge in [-0.15, -0.1) is 0 Å². The van der Waals surface area contributed by atoms with Gasteiger partial charge in [0.15, 0.2) is 0 Å². The summed E-state index contributed by atoms with van der Waals surface area (Å²) in [4.78, 5) is 43.9. The first-order valence-electron chi connectivity index (χ1n) is 13.6. The second kappa shape index (κ2) is 19.3. The molecular weight excluding hydrogens is 482 g/mol. The van der Waals surface area contributed by atoms with Crippen LogP contribution in [0.3, 0.4) is 0 Å². The molecule has 0 aromatic carbocycles. The zero-order valence-electron chi connectivity index (χ0n) is 22.8. The van der Waals surface area contributed by atoms with Crippen molar-refractivity contribution in [2.24, 2.45) is 0 Å². The van der Waals surface area contributed by atoms with Crippen LogP contribution in [0.2, 0.25) is 0 Å².